The van der Waals surface area contributed by atoms with E-state index in [4.69, 9.17) is 19.2 Å². The van der Waals surface area contributed by atoms with Gasteiger partial charge in [0.25, 0.3) is 5.91 Å². The molecule has 0 saturated carbocycles. The molecule has 2 saturated heterocycles. The Morgan fingerprint density at radius 1 is 1.42 bits per heavy atom. The smallest absolute Gasteiger partial charge is 0.475 e. The third kappa shape index (κ3) is 5.61. The highest BCUT2D eigenvalue weighted by molar-refractivity contribution is 5.91. The molecular weight excluding hydrogens is 423 g/mol. The molecule has 2 aromatic heterocycles. The Bertz CT molecular complexity index is 901. The molecule has 0 aliphatic carbocycles. The van der Waals surface area contributed by atoms with Crippen molar-refractivity contribution in [2.24, 2.45) is 18.4 Å². The monoisotopic (exact) mass is 445 g/mol. The predicted molar refractivity (Wildman–Crippen MR) is 97.8 cm³/mol. The maximum atomic E-state index is 12.1. The van der Waals surface area contributed by atoms with Crippen LogP contribution in [0.2, 0.25) is 0 Å². The minimum atomic E-state index is -5.08. The van der Waals surface area contributed by atoms with Gasteiger partial charge in [0.2, 0.25) is 5.76 Å². The zero-order valence-corrected chi connectivity index (χ0v) is 16.6. The Balaban J connectivity index is 0.000000339. The number of halogens is 3. The topological polar surface area (TPSA) is 123 Å². The number of fused-ring (bicyclic) bond motifs is 1. The summed E-state index contributed by atoms with van der Waals surface area (Å²) in [6.45, 7) is 4.78. The van der Waals surface area contributed by atoms with Gasteiger partial charge in [0.1, 0.15) is 0 Å². The van der Waals surface area contributed by atoms with Crippen LogP contribution in [0.4, 0.5) is 13.2 Å². The number of nitrogens with one attached hydrogen (secondary N) is 1. The molecule has 0 radical (unpaired) electrons. The standard InChI is InChI=1S/C16H21N5O3.C2HF3O2/c1-20-5-12(4-18-20)6-21-7-13-8-23-11-16(13,10-21)9-17-15(22)14-2-3-19-24-14;3-2(4,5)1(6)7/h2-5,13H,6-11H2,1H3,(H,17,22);(H,6,7)/t13-,16+;/m1./s1. The van der Waals surface area contributed by atoms with Crippen LogP contribution in [0, 0.1) is 11.3 Å². The van der Waals surface area contributed by atoms with Gasteiger partial charge in [0.05, 0.1) is 25.6 Å². The minimum absolute atomic E-state index is 0.0299. The molecule has 2 atom stereocenters. The van der Waals surface area contributed by atoms with Gasteiger partial charge in [-0.3, -0.25) is 14.4 Å². The third-order valence-corrected chi connectivity index (χ3v) is 5.26. The number of nitrogens with zero attached hydrogens (tertiary/aromatic N) is 4. The van der Waals surface area contributed by atoms with E-state index in [9.17, 15) is 18.0 Å². The summed E-state index contributed by atoms with van der Waals surface area (Å²) < 4.78 is 44.2. The first-order valence-electron chi connectivity index (χ1n) is 9.36. The van der Waals surface area contributed by atoms with Crippen molar-refractivity contribution in [1.29, 1.82) is 0 Å². The highest BCUT2D eigenvalue weighted by atomic mass is 19.4. The summed E-state index contributed by atoms with van der Waals surface area (Å²) in [6, 6.07) is 1.57. The number of carboxylic acid groups (broad SMARTS) is 1. The van der Waals surface area contributed by atoms with Gasteiger partial charge in [0, 0.05) is 62.4 Å². The van der Waals surface area contributed by atoms with Gasteiger partial charge >= 0.3 is 12.1 Å². The van der Waals surface area contributed by atoms with Crippen molar-refractivity contribution in [3.8, 4) is 0 Å². The van der Waals surface area contributed by atoms with Gasteiger partial charge in [-0.2, -0.15) is 18.3 Å². The lowest BCUT2D eigenvalue weighted by Gasteiger charge is -2.27. The number of rotatable bonds is 5. The summed E-state index contributed by atoms with van der Waals surface area (Å²) in [5, 5.41) is 17.9. The predicted octanol–water partition coefficient (Wildman–Crippen LogP) is 0.920. The molecule has 2 fully saturated rings. The molecule has 0 unspecified atom stereocenters. The fourth-order valence-electron chi connectivity index (χ4n) is 3.80. The molecule has 2 aromatic rings. The number of ether oxygens (including phenoxy) is 1. The van der Waals surface area contributed by atoms with E-state index < -0.39 is 12.1 Å². The maximum absolute atomic E-state index is 12.1. The normalized spacial score (nSPS) is 23.2. The average molecular weight is 445 g/mol. The number of aryl methyl sites for hydroxylation is 1. The van der Waals surface area contributed by atoms with Gasteiger partial charge in [-0.15, -0.1) is 0 Å². The van der Waals surface area contributed by atoms with Crippen molar-refractivity contribution in [3.05, 3.63) is 36.0 Å². The van der Waals surface area contributed by atoms with Gasteiger partial charge in [0.15, 0.2) is 0 Å². The highest BCUT2D eigenvalue weighted by Gasteiger charge is 2.50. The SMILES string of the molecule is Cn1cc(CN2C[C@@H]3COC[C@]3(CNC(=O)c3ccno3)C2)cn1.O=C(O)C(F)(F)F. The van der Waals surface area contributed by atoms with E-state index in [2.05, 4.69) is 20.5 Å². The minimum Gasteiger partial charge on any atom is -0.475 e. The molecule has 2 N–H and O–H groups in total. The van der Waals surface area contributed by atoms with Gasteiger partial charge in [-0.1, -0.05) is 5.16 Å². The lowest BCUT2D eigenvalue weighted by Crippen LogP contribution is -2.43. The highest BCUT2D eigenvalue weighted by Crippen LogP contribution is 2.41. The van der Waals surface area contributed by atoms with Crippen molar-refractivity contribution in [3.63, 3.8) is 0 Å². The number of hydrogen-bond acceptors (Lipinski definition) is 7. The second-order valence-corrected chi connectivity index (χ2v) is 7.63. The maximum Gasteiger partial charge on any atom is 0.490 e. The zero-order valence-electron chi connectivity index (χ0n) is 16.6. The van der Waals surface area contributed by atoms with Crippen LogP contribution in [-0.4, -0.2) is 75.8 Å². The van der Waals surface area contributed by atoms with E-state index in [1.807, 2.05) is 24.1 Å². The Hall–Kier alpha value is -2.93. The van der Waals surface area contributed by atoms with E-state index in [1.54, 1.807) is 6.07 Å². The van der Waals surface area contributed by atoms with Crippen molar-refractivity contribution in [1.82, 2.24) is 25.2 Å². The number of carboxylic acids is 1. The quantitative estimate of drug-likeness (QED) is 0.697. The van der Waals surface area contributed by atoms with Crippen LogP contribution < -0.4 is 5.32 Å². The molecule has 4 heterocycles. The van der Waals surface area contributed by atoms with Crippen LogP contribution in [0.3, 0.4) is 0 Å². The van der Waals surface area contributed by atoms with E-state index in [0.29, 0.717) is 19.1 Å². The van der Waals surface area contributed by atoms with Gasteiger partial charge in [-0.25, -0.2) is 4.79 Å². The lowest BCUT2D eigenvalue weighted by atomic mass is 9.81. The molecule has 4 rings (SSSR count). The number of aliphatic carboxylic acids is 1. The number of alkyl halides is 3. The molecule has 10 nitrogen and oxygen atoms in total. The summed E-state index contributed by atoms with van der Waals surface area (Å²) >= 11 is 0. The van der Waals surface area contributed by atoms with Crippen molar-refractivity contribution < 1.29 is 37.1 Å². The van der Waals surface area contributed by atoms with Gasteiger partial charge < -0.3 is 19.7 Å². The molecule has 0 spiro atoms. The number of likely N-dealkylation sites (tertiary alicyclic amines) is 1. The fraction of sp³-hybridized carbons (Fsp3) is 0.556. The second kappa shape index (κ2) is 9.06. The van der Waals surface area contributed by atoms with Gasteiger partial charge in [-0.05, 0) is 0 Å². The molecule has 31 heavy (non-hydrogen) atoms. The fourth-order valence-corrected chi connectivity index (χ4v) is 3.80. The molecule has 170 valence electrons. The molecule has 2 aliphatic heterocycles. The summed E-state index contributed by atoms with van der Waals surface area (Å²) in [6.07, 6.45) is 0.339. The molecular formula is C18H22F3N5O5. The van der Waals surface area contributed by atoms with Crippen LogP contribution >= 0.6 is 0 Å². The summed E-state index contributed by atoms with van der Waals surface area (Å²) in [4.78, 5) is 23.4. The van der Waals surface area contributed by atoms with Crippen LogP contribution in [0.1, 0.15) is 16.1 Å². The zero-order chi connectivity index (χ0) is 22.6. The first-order valence-corrected chi connectivity index (χ1v) is 9.36. The number of carbonyl (C=O) groups is 2. The number of hydrogen-bond donors (Lipinski definition) is 2. The van der Waals surface area contributed by atoms with E-state index in [-0.39, 0.29) is 17.1 Å². The van der Waals surface area contributed by atoms with Crippen LogP contribution in [0.25, 0.3) is 0 Å². The molecule has 13 heteroatoms. The van der Waals surface area contributed by atoms with Crippen LogP contribution in [0.5, 0.6) is 0 Å². The molecule has 0 bridgehead atoms. The number of aromatic nitrogens is 3. The molecule has 0 aromatic carbocycles. The molecule has 2 aliphatic rings. The van der Waals surface area contributed by atoms with E-state index in [0.717, 1.165) is 26.2 Å². The first-order chi connectivity index (χ1) is 14.6. The number of carbonyl (C=O) groups excluding carboxylic acids is 1. The Morgan fingerprint density at radius 3 is 2.74 bits per heavy atom. The lowest BCUT2D eigenvalue weighted by molar-refractivity contribution is -0.192. The van der Waals surface area contributed by atoms with E-state index >= 15 is 0 Å². The number of amides is 1. The molecule has 1 amide bonds. The second-order valence-electron chi connectivity index (χ2n) is 7.63. The van der Waals surface area contributed by atoms with Crippen molar-refractivity contribution >= 4 is 11.9 Å². The Labute approximate surface area is 174 Å². The Kier molecular flexibility index (Phi) is 6.65. The summed E-state index contributed by atoms with van der Waals surface area (Å²) in [5.41, 5.74) is 1.18. The van der Waals surface area contributed by atoms with Crippen molar-refractivity contribution in [2.75, 3.05) is 32.8 Å². The van der Waals surface area contributed by atoms with Crippen molar-refractivity contribution in [2.45, 2.75) is 12.7 Å². The van der Waals surface area contributed by atoms with Crippen LogP contribution in [0.15, 0.2) is 29.2 Å². The van der Waals surface area contributed by atoms with E-state index in [1.165, 1.54) is 11.8 Å². The Morgan fingerprint density at radius 2 is 2.16 bits per heavy atom. The largest absolute Gasteiger partial charge is 0.490 e. The first kappa shape index (κ1) is 22.7. The summed E-state index contributed by atoms with van der Waals surface area (Å²) in [5.74, 6) is -2.30. The average Bonchev–Trinajstić information content (AvgIpc) is 3.44. The summed E-state index contributed by atoms with van der Waals surface area (Å²) in [7, 11) is 1.93. The van der Waals surface area contributed by atoms with Crippen LogP contribution in [-0.2, 0) is 23.1 Å². The third-order valence-electron chi connectivity index (χ3n) is 5.26.